The first-order valence-electron chi connectivity index (χ1n) is 12.3. The fourth-order valence-electron chi connectivity index (χ4n) is 4.96. The van der Waals surface area contributed by atoms with Crippen molar-refractivity contribution >= 4 is 11.9 Å². The highest BCUT2D eigenvalue weighted by molar-refractivity contribution is 5.79. The number of carbonyl (C=O) groups excluding carboxylic acids is 2. The van der Waals surface area contributed by atoms with E-state index in [0.29, 0.717) is 12.6 Å². The van der Waals surface area contributed by atoms with Crippen molar-refractivity contribution in [1.29, 1.82) is 0 Å². The standard InChI is InChI=1S/C24H43N3O5/c1-7-30-21(28)18-10-12-20(13-11-18)31-24(26-14-8-9-15-26,22(29)32-23(2,3)4)27-16-19(17-27)25(5)6/h18-20H,7-17H2,1-6H3. The summed E-state index contributed by atoms with van der Waals surface area (Å²) in [6.45, 7) is 11.1. The van der Waals surface area contributed by atoms with Gasteiger partial charge in [0.05, 0.1) is 18.6 Å². The van der Waals surface area contributed by atoms with E-state index in [2.05, 4.69) is 28.8 Å². The molecule has 0 aromatic rings. The molecule has 0 bridgehead atoms. The second-order valence-electron chi connectivity index (χ2n) is 10.7. The van der Waals surface area contributed by atoms with Gasteiger partial charge < -0.3 is 19.1 Å². The zero-order chi connectivity index (χ0) is 23.5. The van der Waals surface area contributed by atoms with Gasteiger partial charge in [0.2, 0.25) is 0 Å². The molecule has 1 saturated carbocycles. The minimum Gasteiger partial charge on any atom is -0.466 e. The predicted molar refractivity (Wildman–Crippen MR) is 122 cm³/mol. The minimum absolute atomic E-state index is 0.0698. The molecule has 3 rings (SSSR count). The van der Waals surface area contributed by atoms with E-state index in [0.717, 1.165) is 64.7 Å². The van der Waals surface area contributed by atoms with Gasteiger partial charge >= 0.3 is 11.9 Å². The first-order valence-corrected chi connectivity index (χ1v) is 12.3. The first-order chi connectivity index (χ1) is 15.1. The molecule has 1 aliphatic carbocycles. The summed E-state index contributed by atoms with van der Waals surface area (Å²) >= 11 is 0. The maximum Gasteiger partial charge on any atom is 0.371 e. The summed E-state index contributed by atoms with van der Waals surface area (Å²) in [6.07, 6.45) is 4.96. The average Bonchev–Trinajstić information content (AvgIpc) is 3.20. The number of likely N-dealkylation sites (tertiary alicyclic amines) is 2. The number of nitrogens with zero attached hydrogens (tertiary/aromatic N) is 3. The monoisotopic (exact) mass is 453 g/mol. The molecular formula is C24H43N3O5. The molecule has 0 spiro atoms. The van der Waals surface area contributed by atoms with Gasteiger partial charge in [-0.3, -0.25) is 9.69 Å². The Morgan fingerprint density at radius 1 is 0.969 bits per heavy atom. The SMILES string of the molecule is CCOC(=O)C1CCC(OC(C(=O)OC(C)(C)C)(N2CCCC2)N2CC(N(C)C)C2)CC1. The Morgan fingerprint density at radius 2 is 1.56 bits per heavy atom. The largest absolute Gasteiger partial charge is 0.466 e. The fraction of sp³-hybridized carbons (Fsp3) is 0.917. The molecule has 0 aromatic heterocycles. The summed E-state index contributed by atoms with van der Waals surface area (Å²) in [5.74, 6) is -1.69. The van der Waals surface area contributed by atoms with Crippen LogP contribution in [0, 0.1) is 5.92 Å². The van der Waals surface area contributed by atoms with E-state index in [1.54, 1.807) is 0 Å². The van der Waals surface area contributed by atoms with Crippen LogP contribution in [-0.4, -0.2) is 97.1 Å². The molecule has 1 unspecified atom stereocenters. The molecule has 1 atom stereocenters. The van der Waals surface area contributed by atoms with Gasteiger partial charge in [0.25, 0.3) is 5.85 Å². The molecule has 32 heavy (non-hydrogen) atoms. The highest BCUT2D eigenvalue weighted by atomic mass is 16.6. The Morgan fingerprint density at radius 3 is 2.06 bits per heavy atom. The van der Waals surface area contributed by atoms with Crippen LogP contribution >= 0.6 is 0 Å². The number of carbonyl (C=O) groups is 2. The van der Waals surface area contributed by atoms with E-state index in [1.807, 2.05) is 27.7 Å². The lowest BCUT2D eigenvalue weighted by atomic mass is 9.87. The molecule has 2 heterocycles. The lowest BCUT2D eigenvalue weighted by Crippen LogP contribution is -2.76. The van der Waals surface area contributed by atoms with Crippen molar-refractivity contribution in [3.8, 4) is 0 Å². The van der Waals surface area contributed by atoms with E-state index >= 15 is 0 Å². The molecule has 3 aliphatic rings. The quantitative estimate of drug-likeness (QED) is 0.519. The molecular weight excluding hydrogens is 410 g/mol. The maximum absolute atomic E-state index is 13.8. The minimum atomic E-state index is -1.20. The summed E-state index contributed by atoms with van der Waals surface area (Å²) in [5, 5.41) is 0. The van der Waals surface area contributed by atoms with Crippen molar-refractivity contribution < 1.29 is 23.8 Å². The Kier molecular flexibility index (Phi) is 8.23. The lowest BCUT2D eigenvalue weighted by molar-refractivity contribution is -0.294. The third-order valence-electron chi connectivity index (χ3n) is 6.85. The normalized spacial score (nSPS) is 27.7. The van der Waals surface area contributed by atoms with Crippen LogP contribution in [0.15, 0.2) is 0 Å². The summed E-state index contributed by atoms with van der Waals surface area (Å²) < 4.78 is 18.0. The van der Waals surface area contributed by atoms with Crippen molar-refractivity contribution in [2.75, 3.05) is 46.9 Å². The topological polar surface area (TPSA) is 71.5 Å². The van der Waals surface area contributed by atoms with Crippen molar-refractivity contribution in [1.82, 2.24) is 14.7 Å². The van der Waals surface area contributed by atoms with Crippen LogP contribution in [0.3, 0.4) is 0 Å². The second kappa shape index (κ2) is 10.4. The van der Waals surface area contributed by atoms with Crippen molar-refractivity contribution in [3.63, 3.8) is 0 Å². The molecule has 8 nitrogen and oxygen atoms in total. The summed E-state index contributed by atoms with van der Waals surface area (Å²) in [4.78, 5) is 32.5. The average molecular weight is 454 g/mol. The zero-order valence-corrected chi connectivity index (χ0v) is 20.9. The van der Waals surface area contributed by atoms with Gasteiger partial charge in [-0.2, -0.15) is 0 Å². The Balaban J connectivity index is 1.81. The third-order valence-corrected chi connectivity index (χ3v) is 6.85. The van der Waals surface area contributed by atoms with Gasteiger partial charge in [0, 0.05) is 32.2 Å². The molecule has 0 amide bonds. The Labute approximate surface area is 193 Å². The van der Waals surface area contributed by atoms with Gasteiger partial charge in [0.1, 0.15) is 5.60 Å². The number of rotatable bonds is 8. The first kappa shape index (κ1) is 25.4. The van der Waals surface area contributed by atoms with Crippen molar-refractivity contribution in [2.24, 2.45) is 5.92 Å². The van der Waals surface area contributed by atoms with Crippen molar-refractivity contribution in [3.05, 3.63) is 0 Å². The summed E-state index contributed by atoms with van der Waals surface area (Å²) in [7, 11) is 4.15. The number of hydrogen-bond donors (Lipinski definition) is 0. The van der Waals surface area contributed by atoms with Gasteiger partial charge in [-0.25, -0.2) is 9.69 Å². The predicted octanol–water partition coefficient (Wildman–Crippen LogP) is 2.46. The highest BCUT2D eigenvalue weighted by Gasteiger charge is 2.58. The molecule has 184 valence electrons. The highest BCUT2D eigenvalue weighted by Crippen LogP contribution is 2.38. The molecule has 0 N–H and O–H groups in total. The van der Waals surface area contributed by atoms with Crippen LogP contribution in [0.4, 0.5) is 0 Å². The number of esters is 2. The smallest absolute Gasteiger partial charge is 0.371 e. The molecule has 2 aliphatic heterocycles. The van der Waals surface area contributed by atoms with Gasteiger partial charge in [0.15, 0.2) is 0 Å². The maximum atomic E-state index is 13.8. The van der Waals surface area contributed by atoms with Crippen LogP contribution in [0.2, 0.25) is 0 Å². The van der Waals surface area contributed by atoms with Gasteiger partial charge in [-0.15, -0.1) is 0 Å². The number of ether oxygens (including phenoxy) is 3. The molecule has 3 fully saturated rings. The molecule has 0 aromatic carbocycles. The third kappa shape index (κ3) is 5.64. The second-order valence-corrected chi connectivity index (χ2v) is 10.7. The van der Waals surface area contributed by atoms with E-state index in [9.17, 15) is 9.59 Å². The van der Waals surface area contributed by atoms with Crippen LogP contribution in [0.1, 0.15) is 66.2 Å². The van der Waals surface area contributed by atoms with Crippen molar-refractivity contribution in [2.45, 2.75) is 89.8 Å². The fourth-order valence-corrected chi connectivity index (χ4v) is 4.96. The lowest BCUT2D eigenvalue weighted by Gasteiger charge is -2.55. The van der Waals surface area contributed by atoms with E-state index in [-0.39, 0.29) is 24.0 Å². The number of likely N-dealkylation sites (N-methyl/N-ethyl adjacent to an activating group) is 1. The Bertz CT molecular complexity index is 645. The van der Waals surface area contributed by atoms with E-state index < -0.39 is 11.4 Å². The van der Waals surface area contributed by atoms with Crippen LogP contribution in [0.25, 0.3) is 0 Å². The van der Waals surface area contributed by atoms with E-state index in [1.165, 1.54) is 0 Å². The molecule has 2 saturated heterocycles. The van der Waals surface area contributed by atoms with Gasteiger partial charge in [-0.1, -0.05) is 0 Å². The van der Waals surface area contributed by atoms with Crippen LogP contribution in [-0.2, 0) is 23.8 Å². The van der Waals surface area contributed by atoms with Gasteiger partial charge in [-0.05, 0) is 80.3 Å². The molecule has 8 heteroatoms. The summed E-state index contributed by atoms with van der Waals surface area (Å²) in [6, 6.07) is 0.391. The Hall–Kier alpha value is -1.22. The summed E-state index contributed by atoms with van der Waals surface area (Å²) in [5.41, 5.74) is -0.598. The van der Waals surface area contributed by atoms with E-state index in [4.69, 9.17) is 14.2 Å². The van der Waals surface area contributed by atoms with Crippen LogP contribution in [0.5, 0.6) is 0 Å². The zero-order valence-electron chi connectivity index (χ0n) is 20.9. The van der Waals surface area contributed by atoms with Crippen LogP contribution < -0.4 is 0 Å². The number of hydrogen-bond acceptors (Lipinski definition) is 8. The molecule has 0 radical (unpaired) electrons.